The van der Waals surface area contributed by atoms with Gasteiger partial charge in [-0.15, -0.1) is 37.1 Å². The maximum absolute atomic E-state index is 12.5. The van der Waals surface area contributed by atoms with Gasteiger partial charge >= 0.3 is 6.36 Å². The molecule has 2 N–H and O–H groups in total. The van der Waals surface area contributed by atoms with E-state index in [0.717, 1.165) is 29.9 Å². The molecule has 0 aliphatic rings. The topological polar surface area (TPSA) is 71.7 Å². The molecule has 0 amide bonds. The molecule has 2 aromatic rings. The zero-order chi connectivity index (χ0) is 19.9. The molecule has 6 nitrogen and oxygen atoms in total. The third kappa shape index (κ3) is 6.88. The van der Waals surface area contributed by atoms with Gasteiger partial charge in [-0.25, -0.2) is 0 Å². The monoisotopic (exact) mass is 512 g/mol. The van der Waals surface area contributed by atoms with Crippen molar-refractivity contribution in [3.63, 3.8) is 0 Å². The van der Waals surface area contributed by atoms with Crippen LogP contribution >= 0.6 is 24.0 Å². The first kappa shape index (κ1) is 24.1. The SMILES string of the molecule is CCc1noc(CC)c1CNC(=NC)NCc1ccccc1OC(F)(F)F.I. The van der Waals surface area contributed by atoms with Gasteiger partial charge in [0.1, 0.15) is 11.5 Å². The second kappa shape index (κ2) is 11.1. The van der Waals surface area contributed by atoms with Gasteiger partial charge in [-0.05, 0) is 12.5 Å². The minimum atomic E-state index is -4.74. The standard InChI is InChI=1S/C18H23F3N4O2.HI/c1-4-14-13(15(5-2)27-25-14)11-24-17(22-3)23-10-12-8-6-7-9-16(12)26-18(19,20)21;/h6-9H,4-5,10-11H2,1-3H3,(H2,22,23,24);1H. The van der Waals surface area contributed by atoms with Crippen LogP contribution in [-0.2, 0) is 25.9 Å². The number of aromatic nitrogens is 1. The number of aryl methyl sites for hydroxylation is 2. The molecule has 0 radical (unpaired) electrons. The number of nitrogens with zero attached hydrogens (tertiary/aromatic N) is 2. The van der Waals surface area contributed by atoms with E-state index in [1.165, 1.54) is 12.1 Å². The Morgan fingerprint density at radius 2 is 1.82 bits per heavy atom. The van der Waals surface area contributed by atoms with Crippen LogP contribution in [0.3, 0.4) is 0 Å². The first-order valence-corrected chi connectivity index (χ1v) is 8.62. The van der Waals surface area contributed by atoms with E-state index >= 15 is 0 Å². The highest BCUT2D eigenvalue weighted by atomic mass is 127. The quantitative estimate of drug-likeness (QED) is 0.331. The van der Waals surface area contributed by atoms with Crippen molar-refractivity contribution >= 4 is 29.9 Å². The molecular formula is C18H24F3IN4O2. The molecule has 0 spiro atoms. The fraction of sp³-hybridized carbons (Fsp3) is 0.444. The molecular weight excluding hydrogens is 488 g/mol. The Morgan fingerprint density at radius 1 is 1.14 bits per heavy atom. The Balaban J connectivity index is 0.00000392. The van der Waals surface area contributed by atoms with Gasteiger partial charge in [0.25, 0.3) is 0 Å². The average molecular weight is 512 g/mol. The Kier molecular flexibility index (Phi) is 9.56. The van der Waals surface area contributed by atoms with Crippen molar-refractivity contribution in [1.82, 2.24) is 15.8 Å². The fourth-order valence-electron chi connectivity index (χ4n) is 2.58. The highest BCUT2D eigenvalue weighted by Gasteiger charge is 2.31. The number of ether oxygens (including phenoxy) is 1. The van der Waals surface area contributed by atoms with Gasteiger partial charge in [-0.1, -0.05) is 37.2 Å². The second-order valence-corrected chi connectivity index (χ2v) is 5.67. The first-order valence-electron chi connectivity index (χ1n) is 8.62. The number of hydrogen-bond acceptors (Lipinski definition) is 4. The number of hydrogen-bond donors (Lipinski definition) is 2. The van der Waals surface area contributed by atoms with E-state index < -0.39 is 6.36 Å². The first-order chi connectivity index (χ1) is 12.9. The maximum atomic E-state index is 12.5. The van der Waals surface area contributed by atoms with Gasteiger partial charge in [0.2, 0.25) is 0 Å². The summed E-state index contributed by atoms with van der Waals surface area (Å²) < 4.78 is 46.9. The van der Waals surface area contributed by atoms with Crippen LogP contribution in [-0.4, -0.2) is 24.5 Å². The predicted octanol–water partition coefficient (Wildman–Crippen LogP) is 4.18. The van der Waals surface area contributed by atoms with Crippen LogP contribution in [0.4, 0.5) is 13.2 Å². The molecule has 0 bridgehead atoms. The van der Waals surface area contributed by atoms with Crippen LogP contribution in [0, 0.1) is 0 Å². The maximum Gasteiger partial charge on any atom is 0.573 e. The number of guanidine groups is 1. The van der Waals surface area contributed by atoms with Crippen molar-refractivity contribution in [1.29, 1.82) is 0 Å². The van der Waals surface area contributed by atoms with Crippen molar-refractivity contribution in [2.75, 3.05) is 7.05 Å². The lowest BCUT2D eigenvalue weighted by molar-refractivity contribution is -0.274. The van der Waals surface area contributed by atoms with Crippen LogP contribution in [0.25, 0.3) is 0 Å². The molecule has 10 heteroatoms. The van der Waals surface area contributed by atoms with Gasteiger partial charge in [0.05, 0.1) is 5.69 Å². The molecule has 156 valence electrons. The summed E-state index contributed by atoms with van der Waals surface area (Å²) in [7, 11) is 1.59. The summed E-state index contributed by atoms with van der Waals surface area (Å²) in [5, 5.41) is 10.2. The van der Waals surface area contributed by atoms with Crippen LogP contribution in [0.2, 0.25) is 0 Å². The summed E-state index contributed by atoms with van der Waals surface area (Å²) in [4.78, 5) is 4.10. The Morgan fingerprint density at radius 3 is 2.43 bits per heavy atom. The normalized spacial score (nSPS) is 11.7. The highest BCUT2D eigenvalue weighted by molar-refractivity contribution is 14.0. The Hall–Kier alpha value is -1.98. The van der Waals surface area contributed by atoms with Crippen LogP contribution in [0.15, 0.2) is 33.8 Å². The number of aliphatic imine (C=N–C) groups is 1. The minimum Gasteiger partial charge on any atom is -0.405 e. The molecule has 0 aliphatic carbocycles. The van der Waals surface area contributed by atoms with Gasteiger partial charge in [-0.3, -0.25) is 4.99 Å². The lowest BCUT2D eigenvalue weighted by Gasteiger charge is -2.15. The van der Waals surface area contributed by atoms with E-state index in [0.29, 0.717) is 18.1 Å². The lowest BCUT2D eigenvalue weighted by Crippen LogP contribution is -2.36. The largest absolute Gasteiger partial charge is 0.573 e. The van der Waals surface area contributed by atoms with Crippen molar-refractivity contribution in [2.45, 2.75) is 46.1 Å². The predicted molar refractivity (Wildman–Crippen MR) is 111 cm³/mol. The van der Waals surface area contributed by atoms with Crippen LogP contribution in [0.1, 0.15) is 36.4 Å². The van der Waals surface area contributed by atoms with Gasteiger partial charge in [0, 0.05) is 37.7 Å². The molecule has 1 aromatic carbocycles. The summed E-state index contributed by atoms with van der Waals surface area (Å²) in [6.45, 7) is 4.55. The minimum absolute atomic E-state index is 0. The third-order valence-corrected chi connectivity index (χ3v) is 3.91. The van der Waals surface area contributed by atoms with Crippen LogP contribution < -0.4 is 15.4 Å². The van der Waals surface area contributed by atoms with Gasteiger partial charge in [-0.2, -0.15) is 0 Å². The van der Waals surface area contributed by atoms with Crippen molar-refractivity contribution < 1.29 is 22.4 Å². The summed E-state index contributed by atoms with van der Waals surface area (Å²) in [6, 6.07) is 5.97. The second-order valence-electron chi connectivity index (χ2n) is 5.67. The molecule has 0 fully saturated rings. The van der Waals surface area contributed by atoms with E-state index in [1.54, 1.807) is 19.2 Å². The molecule has 0 unspecified atom stereocenters. The lowest BCUT2D eigenvalue weighted by atomic mass is 10.1. The van der Waals surface area contributed by atoms with Crippen molar-refractivity contribution in [3.05, 3.63) is 46.8 Å². The molecule has 2 rings (SSSR count). The molecule has 0 saturated carbocycles. The molecule has 1 heterocycles. The Bertz CT molecular complexity index is 757. The van der Waals surface area contributed by atoms with E-state index in [9.17, 15) is 13.2 Å². The fourth-order valence-corrected chi connectivity index (χ4v) is 2.58. The summed E-state index contributed by atoms with van der Waals surface area (Å²) in [5.74, 6) is 1.01. The van der Waals surface area contributed by atoms with E-state index in [4.69, 9.17) is 4.52 Å². The van der Waals surface area contributed by atoms with E-state index in [2.05, 4.69) is 25.5 Å². The van der Waals surface area contributed by atoms with E-state index in [-0.39, 0.29) is 36.3 Å². The zero-order valence-corrected chi connectivity index (χ0v) is 18.2. The smallest absolute Gasteiger partial charge is 0.405 e. The summed E-state index contributed by atoms with van der Waals surface area (Å²) in [5.41, 5.74) is 2.22. The zero-order valence-electron chi connectivity index (χ0n) is 15.9. The number of para-hydroxylation sites is 1. The highest BCUT2D eigenvalue weighted by Crippen LogP contribution is 2.26. The number of alkyl halides is 3. The number of halogens is 4. The van der Waals surface area contributed by atoms with Gasteiger partial charge < -0.3 is 19.9 Å². The molecule has 1 aromatic heterocycles. The Labute approximate surface area is 178 Å². The van der Waals surface area contributed by atoms with Crippen LogP contribution in [0.5, 0.6) is 5.75 Å². The number of nitrogens with one attached hydrogen (secondary N) is 2. The molecule has 28 heavy (non-hydrogen) atoms. The summed E-state index contributed by atoms with van der Waals surface area (Å²) in [6.07, 6.45) is -3.27. The van der Waals surface area contributed by atoms with Crippen molar-refractivity contribution in [3.8, 4) is 5.75 Å². The molecule has 0 aliphatic heterocycles. The number of rotatable bonds is 7. The van der Waals surface area contributed by atoms with Gasteiger partial charge in [0.15, 0.2) is 5.96 Å². The molecule has 0 saturated heterocycles. The third-order valence-electron chi connectivity index (χ3n) is 3.91. The van der Waals surface area contributed by atoms with Crippen molar-refractivity contribution in [2.24, 2.45) is 4.99 Å². The average Bonchev–Trinajstić information content (AvgIpc) is 3.03. The number of benzene rings is 1. The van der Waals surface area contributed by atoms with E-state index in [1.807, 2.05) is 13.8 Å². The molecule has 0 atom stereocenters. The summed E-state index contributed by atoms with van der Waals surface area (Å²) >= 11 is 0.